The van der Waals surface area contributed by atoms with Gasteiger partial charge in [-0.05, 0) is 44.6 Å². The fourth-order valence-electron chi connectivity index (χ4n) is 2.19. The molecule has 1 aliphatic heterocycles. The topological polar surface area (TPSA) is 29.1 Å². The fourth-order valence-corrected chi connectivity index (χ4v) is 2.19. The minimum absolute atomic E-state index is 0.137. The Kier molecular flexibility index (Phi) is 3.91. The summed E-state index contributed by atoms with van der Waals surface area (Å²) >= 11 is 0. The van der Waals surface area contributed by atoms with Crippen LogP contribution in [0.5, 0.6) is 0 Å². The Morgan fingerprint density at radius 2 is 2.23 bits per heavy atom. The molecule has 2 heteroatoms. The zero-order valence-corrected chi connectivity index (χ0v) is 8.97. The van der Waals surface area contributed by atoms with Crippen LogP contribution in [0.1, 0.15) is 40.0 Å². The van der Waals surface area contributed by atoms with Crippen LogP contribution < -0.4 is 5.32 Å². The van der Waals surface area contributed by atoms with Crippen LogP contribution >= 0.6 is 0 Å². The van der Waals surface area contributed by atoms with Crippen LogP contribution in [-0.4, -0.2) is 18.4 Å². The summed E-state index contributed by atoms with van der Waals surface area (Å²) in [6.45, 7) is 7.21. The van der Waals surface area contributed by atoms with Gasteiger partial charge in [-0.1, -0.05) is 13.8 Å². The van der Waals surface area contributed by atoms with Gasteiger partial charge in [-0.15, -0.1) is 0 Å². The first-order valence-electron chi connectivity index (χ1n) is 5.33. The van der Waals surface area contributed by atoms with Crippen molar-refractivity contribution in [3.05, 3.63) is 0 Å². The molecule has 1 heterocycles. The quantitative estimate of drug-likeness (QED) is 0.725. The molecule has 0 unspecified atom stereocenters. The summed E-state index contributed by atoms with van der Waals surface area (Å²) in [6.07, 6.45) is 3.56. The van der Waals surface area contributed by atoms with Crippen molar-refractivity contribution in [1.82, 2.24) is 5.32 Å². The minimum atomic E-state index is 0.137. The standard InChI is InChI=1S/C11H21NO/c1-8(2)6-10-4-5-12-11(7-10)9(3)13/h8,10-12H,4-7H2,1-3H3/t10-,11-/m0/s1. The van der Waals surface area contributed by atoms with Crippen LogP contribution in [0.3, 0.4) is 0 Å². The number of carbonyl (C=O) groups excluding carboxylic acids is 1. The number of nitrogens with one attached hydrogen (secondary N) is 1. The molecule has 0 amide bonds. The van der Waals surface area contributed by atoms with Crippen molar-refractivity contribution in [2.24, 2.45) is 11.8 Å². The number of ketones is 1. The van der Waals surface area contributed by atoms with Gasteiger partial charge in [0.2, 0.25) is 0 Å². The van der Waals surface area contributed by atoms with Crippen molar-refractivity contribution in [2.45, 2.75) is 46.1 Å². The van der Waals surface area contributed by atoms with Crippen LogP contribution in [0.25, 0.3) is 0 Å². The zero-order valence-electron chi connectivity index (χ0n) is 8.97. The highest BCUT2D eigenvalue weighted by Crippen LogP contribution is 2.23. The molecular weight excluding hydrogens is 162 g/mol. The summed E-state index contributed by atoms with van der Waals surface area (Å²) in [5.74, 6) is 1.82. The van der Waals surface area contributed by atoms with Gasteiger partial charge < -0.3 is 5.32 Å². The Morgan fingerprint density at radius 3 is 2.77 bits per heavy atom. The zero-order chi connectivity index (χ0) is 9.84. The molecule has 13 heavy (non-hydrogen) atoms. The maximum absolute atomic E-state index is 11.2. The van der Waals surface area contributed by atoms with Crippen molar-refractivity contribution in [3.8, 4) is 0 Å². The molecule has 1 N–H and O–H groups in total. The second kappa shape index (κ2) is 4.75. The third-order valence-corrected chi connectivity index (χ3v) is 2.81. The molecule has 1 rings (SSSR count). The summed E-state index contributed by atoms with van der Waals surface area (Å²) < 4.78 is 0. The van der Waals surface area contributed by atoms with Crippen molar-refractivity contribution >= 4 is 5.78 Å². The Morgan fingerprint density at radius 1 is 1.54 bits per heavy atom. The number of Topliss-reactive ketones (excluding diaryl/α,β-unsaturated/α-hetero) is 1. The molecule has 0 spiro atoms. The first kappa shape index (κ1) is 10.7. The van der Waals surface area contributed by atoms with Crippen LogP contribution in [0.15, 0.2) is 0 Å². The second-order valence-electron chi connectivity index (χ2n) is 4.64. The lowest BCUT2D eigenvalue weighted by molar-refractivity contribution is -0.119. The summed E-state index contributed by atoms with van der Waals surface area (Å²) in [7, 11) is 0. The lowest BCUT2D eigenvalue weighted by Crippen LogP contribution is -2.42. The summed E-state index contributed by atoms with van der Waals surface area (Å²) in [4.78, 5) is 11.2. The molecule has 0 saturated carbocycles. The normalized spacial score (nSPS) is 29.2. The van der Waals surface area contributed by atoms with Crippen LogP contribution in [0, 0.1) is 11.8 Å². The van der Waals surface area contributed by atoms with Gasteiger partial charge in [0, 0.05) is 0 Å². The average Bonchev–Trinajstić information content (AvgIpc) is 2.03. The lowest BCUT2D eigenvalue weighted by Gasteiger charge is -2.29. The summed E-state index contributed by atoms with van der Waals surface area (Å²) in [6, 6.07) is 0.137. The van der Waals surface area contributed by atoms with E-state index in [0.29, 0.717) is 5.78 Å². The Bertz CT molecular complexity index is 177. The molecule has 0 radical (unpaired) electrons. The number of hydrogen-bond donors (Lipinski definition) is 1. The SMILES string of the molecule is CC(=O)[C@@H]1C[C@H](CC(C)C)CCN1. The van der Waals surface area contributed by atoms with Gasteiger partial charge in [0.15, 0.2) is 0 Å². The number of rotatable bonds is 3. The fraction of sp³-hybridized carbons (Fsp3) is 0.909. The Balaban J connectivity index is 2.37. The maximum atomic E-state index is 11.2. The molecule has 0 aromatic rings. The van der Waals surface area contributed by atoms with Gasteiger partial charge >= 0.3 is 0 Å². The van der Waals surface area contributed by atoms with Gasteiger partial charge in [0.25, 0.3) is 0 Å². The molecule has 0 aromatic carbocycles. The predicted molar refractivity (Wildman–Crippen MR) is 54.7 cm³/mol. The van der Waals surface area contributed by atoms with Crippen LogP contribution in [0.4, 0.5) is 0 Å². The minimum Gasteiger partial charge on any atom is -0.307 e. The summed E-state index contributed by atoms with van der Waals surface area (Å²) in [5.41, 5.74) is 0. The maximum Gasteiger partial charge on any atom is 0.146 e. The van der Waals surface area contributed by atoms with Gasteiger partial charge in [0.05, 0.1) is 6.04 Å². The van der Waals surface area contributed by atoms with E-state index in [1.807, 2.05) is 0 Å². The van der Waals surface area contributed by atoms with Gasteiger partial charge in [0.1, 0.15) is 5.78 Å². The molecule has 1 aliphatic rings. The van der Waals surface area contributed by atoms with Gasteiger partial charge in [-0.2, -0.15) is 0 Å². The van der Waals surface area contributed by atoms with Crippen molar-refractivity contribution in [1.29, 1.82) is 0 Å². The van der Waals surface area contributed by atoms with Crippen molar-refractivity contribution in [3.63, 3.8) is 0 Å². The van der Waals surface area contributed by atoms with E-state index in [2.05, 4.69) is 19.2 Å². The monoisotopic (exact) mass is 183 g/mol. The van der Waals surface area contributed by atoms with Gasteiger partial charge in [-0.3, -0.25) is 4.79 Å². The van der Waals surface area contributed by atoms with Gasteiger partial charge in [-0.25, -0.2) is 0 Å². The first-order chi connectivity index (χ1) is 6.09. The van der Waals surface area contributed by atoms with Crippen molar-refractivity contribution in [2.75, 3.05) is 6.54 Å². The van der Waals surface area contributed by atoms with Crippen LogP contribution in [0.2, 0.25) is 0 Å². The molecule has 76 valence electrons. The number of hydrogen-bond acceptors (Lipinski definition) is 2. The highest BCUT2D eigenvalue weighted by atomic mass is 16.1. The molecule has 0 bridgehead atoms. The third-order valence-electron chi connectivity index (χ3n) is 2.81. The van der Waals surface area contributed by atoms with E-state index in [9.17, 15) is 4.79 Å². The smallest absolute Gasteiger partial charge is 0.146 e. The van der Waals surface area contributed by atoms with E-state index in [-0.39, 0.29) is 6.04 Å². The Hall–Kier alpha value is -0.370. The first-order valence-corrected chi connectivity index (χ1v) is 5.33. The molecule has 1 saturated heterocycles. The average molecular weight is 183 g/mol. The number of piperidine rings is 1. The summed E-state index contributed by atoms with van der Waals surface area (Å²) in [5, 5.41) is 3.27. The van der Waals surface area contributed by atoms with E-state index in [1.165, 1.54) is 12.8 Å². The molecule has 0 aromatic heterocycles. The number of carbonyl (C=O) groups is 1. The van der Waals surface area contributed by atoms with E-state index in [1.54, 1.807) is 6.92 Å². The predicted octanol–water partition coefficient (Wildman–Crippen LogP) is 1.99. The Labute approximate surface area is 81.1 Å². The largest absolute Gasteiger partial charge is 0.307 e. The lowest BCUT2D eigenvalue weighted by atomic mass is 9.85. The highest BCUT2D eigenvalue weighted by Gasteiger charge is 2.24. The third kappa shape index (κ3) is 3.47. The molecule has 1 fully saturated rings. The van der Waals surface area contributed by atoms with E-state index >= 15 is 0 Å². The highest BCUT2D eigenvalue weighted by molar-refractivity contribution is 5.81. The molecular formula is C11H21NO. The van der Waals surface area contributed by atoms with E-state index in [4.69, 9.17) is 0 Å². The molecule has 0 aliphatic carbocycles. The molecule has 2 nitrogen and oxygen atoms in total. The molecule has 2 atom stereocenters. The second-order valence-corrected chi connectivity index (χ2v) is 4.64. The van der Waals surface area contributed by atoms with E-state index < -0.39 is 0 Å². The van der Waals surface area contributed by atoms with Crippen LogP contribution in [-0.2, 0) is 4.79 Å². The van der Waals surface area contributed by atoms with Crippen molar-refractivity contribution < 1.29 is 4.79 Å². The van der Waals surface area contributed by atoms with E-state index in [0.717, 1.165) is 24.8 Å².